The highest BCUT2D eigenvalue weighted by Crippen LogP contribution is 2.24. The summed E-state index contributed by atoms with van der Waals surface area (Å²) < 4.78 is 19.8. The number of aromatic nitrogens is 1. The van der Waals surface area contributed by atoms with E-state index in [-0.39, 0.29) is 17.7 Å². The molecule has 2 aromatic carbocycles. The van der Waals surface area contributed by atoms with Gasteiger partial charge in [-0.05, 0) is 66.4 Å². The first-order valence-electron chi connectivity index (χ1n) is 11.0. The Morgan fingerprint density at radius 1 is 1.09 bits per heavy atom. The van der Waals surface area contributed by atoms with Crippen LogP contribution in [-0.2, 0) is 11.3 Å². The molecular formula is C26H25FN4O3. The molecule has 174 valence electrons. The molecule has 1 aromatic heterocycles. The summed E-state index contributed by atoms with van der Waals surface area (Å²) in [4.78, 5) is 30.2. The molecule has 0 saturated carbocycles. The Balaban J connectivity index is 1.28. The number of amides is 3. The molecule has 0 atom stereocenters. The molecule has 4 rings (SSSR count). The van der Waals surface area contributed by atoms with Gasteiger partial charge in [0.1, 0.15) is 5.75 Å². The van der Waals surface area contributed by atoms with Crippen molar-refractivity contribution in [1.29, 1.82) is 0 Å². The van der Waals surface area contributed by atoms with Gasteiger partial charge in [0, 0.05) is 37.6 Å². The van der Waals surface area contributed by atoms with Crippen LogP contribution in [0.15, 0.2) is 73.1 Å². The lowest BCUT2D eigenvalue weighted by Crippen LogP contribution is -2.32. The van der Waals surface area contributed by atoms with Gasteiger partial charge in [0.2, 0.25) is 5.91 Å². The van der Waals surface area contributed by atoms with Crippen LogP contribution >= 0.6 is 0 Å². The summed E-state index contributed by atoms with van der Waals surface area (Å²) in [7, 11) is 0. The molecule has 34 heavy (non-hydrogen) atoms. The van der Waals surface area contributed by atoms with Crippen molar-refractivity contribution < 1.29 is 18.7 Å². The monoisotopic (exact) mass is 460 g/mol. The van der Waals surface area contributed by atoms with Crippen molar-refractivity contribution >= 4 is 23.7 Å². The fourth-order valence-electron chi connectivity index (χ4n) is 3.54. The minimum Gasteiger partial charge on any atom is -0.453 e. The number of benzene rings is 2. The van der Waals surface area contributed by atoms with E-state index < -0.39 is 5.82 Å². The first-order chi connectivity index (χ1) is 16.6. The third-order valence-corrected chi connectivity index (χ3v) is 5.28. The number of likely N-dealkylation sites (tertiary alicyclic amines) is 1. The van der Waals surface area contributed by atoms with Crippen molar-refractivity contribution in [2.75, 3.05) is 18.4 Å². The van der Waals surface area contributed by atoms with E-state index in [0.717, 1.165) is 31.5 Å². The second-order valence-corrected chi connectivity index (χ2v) is 7.86. The fourth-order valence-corrected chi connectivity index (χ4v) is 3.54. The topological polar surface area (TPSA) is 83.6 Å². The van der Waals surface area contributed by atoms with Crippen molar-refractivity contribution in [1.82, 2.24) is 15.2 Å². The number of hydrogen-bond donors (Lipinski definition) is 2. The number of hydrogen-bond acceptors (Lipinski definition) is 4. The molecule has 1 aliphatic rings. The van der Waals surface area contributed by atoms with Crippen LogP contribution in [0, 0.1) is 5.82 Å². The van der Waals surface area contributed by atoms with Crippen LogP contribution in [0.3, 0.4) is 0 Å². The molecule has 0 radical (unpaired) electrons. The summed E-state index contributed by atoms with van der Waals surface area (Å²) in [5, 5.41) is 5.68. The first-order valence-corrected chi connectivity index (χ1v) is 11.0. The van der Waals surface area contributed by atoms with Gasteiger partial charge in [0.25, 0.3) is 0 Å². The molecule has 0 aliphatic carbocycles. The lowest BCUT2D eigenvalue weighted by atomic mass is 10.2. The molecule has 7 nitrogen and oxygen atoms in total. The summed E-state index contributed by atoms with van der Waals surface area (Å²) in [5.74, 6) is -0.350. The molecule has 0 spiro atoms. The predicted octanol–water partition coefficient (Wildman–Crippen LogP) is 4.97. The SMILES string of the molecule is O=C(/C=C/c1ccc(Oc2cccnc2)c(F)c1)NCc1cccc(NC(=O)N2CCCC2)c1. The zero-order valence-electron chi connectivity index (χ0n) is 18.5. The second-order valence-electron chi connectivity index (χ2n) is 7.86. The number of carbonyl (C=O) groups is 2. The third-order valence-electron chi connectivity index (χ3n) is 5.28. The molecule has 8 heteroatoms. The van der Waals surface area contributed by atoms with Gasteiger partial charge >= 0.3 is 6.03 Å². The van der Waals surface area contributed by atoms with E-state index in [0.29, 0.717) is 23.5 Å². The van der Waals surface area contributed by atoms with Crippen LogP contribution in [0.4, 0.5) is 14.9 Å². The van der Waals surface area contributed by atoms with Crippen molar-refractivity contribution in [2.24, 2.45) is 0 Å². The summed E-state index contributed by atoms with van der Waals surface area (Å²) in [6, 6.07) is 15.1. The van der Waals surface area contributed by atoms with E-state index in [2.05, 4.69) is 15.6 Å². The number of rotatable bonds is 7. The average molecular weight is 461 g/mol. The highest BCUT2D eigenvalue weighted by molar-refractivity contribution is 5.92. The maximum absolute atomic E-state index is 14.3. The van der Waals surface area contributed by atoms with E-state index >= 15 is 0 Å². The summed E-state index contributed by atoms with van der Waals surface area (Å²) >= 11 is 0. The number of halogens is 1. The van der Waals surface area contributed by atoms with Crippen molar-refractivity contribution in [3.8, 4) is 11.5 Å². The summed E-state index contributed by atoms with van der Waals surface area (Å²) in [5.41, 5.74) is 2.06. The molecular weight excluding hydrogens is 435 g/mol. The highest BCUT2D eigenvalue weighted by atomic mass is 19.1. The van der Waals surface area contributed by atoms with Crippen LogP contribution in [0.25, 0.3) is 6.08 Å². The first kappa shape index (κ1) is 23.0. The van der Waals surface area contributed by atoms with Crippen molar-refractivity contribution in [3.05, 3.63) is 90.0 Å². The summed E-state index contributed by atoms with van der Waals surface area (Å²) in [6.07, 6.45) is 8.03. The zero-order valence-corrected chi connectivity index (χ0v) is 18.5. The molecule has 3 aromatic rings. The van der Waals surface area contributed by atoms with E-state index in [1.807, 2.05) is 24.3 Å². The lowest BCUT2D eigenvalue weighted by molar-refractivity contribution is -0.116. The zero-order chi connectivity index (χ0) is 23.8. The van der Waals surface area contributed by atoms with Gasteiger partial charge in [-0.3, -0.25) is 9.78 Å². The quantitative estimate of drug-likeness (QED) is 0.488. The lowest BCUT2D eigenvalue weighted by Gasteiger charge is -2.16. The van der Waals surface area contributed by atoms with E-state index in [9.17, 15) is 14.0 Å². The van der Waals surface area contributed by atoms with Gasteiger partial charge in [-0.1, -0.05) is 18.2 Å². The molecule has 2 N–H and O–H groups in total. The van der Waals surface area contributed by atoms with E-state index in [1.165, 1.54) is 30.5 Å². The van der Waals surface area contributed by atoms with Gasteiger partial charge in [-0.15, -0.1) is 0 Å². The smallest absolute Gasteiger partial charge is 0.321 e. The Morgan fingerprint density at radius 2 is 1.94 bits per heavy atom. The normalized spacial score (nSPS) is 13.1. The van der Waals surface area contributed by atoms with Gasteiger partial charge in [0.15, 0.2) is 11.6 Å². The molecule has 1 aliphatic heterocycles. The Labute approximate surface area is 197 Å². The minimum atomic E-state index is -0.542. The average Bonchev–Trinajstić information content (AvgIpc) is 3.39. The molecule has 0 unspecified atom stereocenters. The number of ether oxygens (including phenoxy) is 1. The standard InChI is InChI=1S/C26H25FN4O3/c27-23-16-19(8-10-24(23)34-22-7-4-12-28-18-22)9-11-25(32)29-17-20-5-3-6-21(15-20)30-26(33)31-13-1-2-14-31/h3-12,15-16,18H,1-2,13-14,17H2,(H,29,32)(H,30,33)/b11-9+. The van der Waals surface area contributed by atoms with Crippen LogP contribution in [0.5, 0.6) is 11.5 Å². The van der Waals surface area contributed by atoms with Crippen LogP contribution < -0.4 is 15.4 Å². The maximum atomic E-state index is 14.3. The molecule has 3 amide bonds. The van der Waals surface area contributed by atoms with Gasteiger partial charge in [-0.2, -0.15) is 0 Å². The summed E-state index contributed by atoms with van der Waals surface area (Å²) in [6.45, 7) is 1.85. The van der Waals surface area contributed by atoms with Crippen LogP contribution in [0.2, 0.25) is 0 Å². The Morgan fingerprint density at radius 3 is 2.71 bits per heavy atom. The highest BCUT2D eigenvalue weighted by Gasteiger charge is 2.17. The van der Waals surface area contributed by atoms with Crippen LogP contribution in [0.1, 0.15) is 24.0 Å². The number of urea groups is 1. The third kappa shape index (κ3) is 6.41. The molecule has 2 heterocycles. The number of carbonyl (C=O) groups excluding carboxylic acids is 2. The largest absolute Gasteiger partial charge is 0.453 e. The minimum absolute atomic E-state index is 0.0753. The Bertz CT molecular complexity index is 1180. The van der Waals surface area contributed by atoms with Gasteiger partial charge in [-0.25, -0.2) is 9.18 Å². The number of nitrogens with zero attached hydrogens (tertiary/aromatic N) is 2. The molecule has 1 saturated heterocycles. The number of pyridine rings is 1. The van der Waals surface area contributed by atoms with E-state index in [1.54, 1.807) is 29.3 Å². The van der Waals surface area contributed by atoms with Crippen molar-refractivity contribution in [2.45, 2.75) is 19.4 Å². The van der Waals surface area contributed by atoms with Crippen LogP contribution in [-0.4, -0.2) is 34.9 Å². The molecule has 1 fully saturated rings. The number of anilines is 1. The Kier molecular flexibility index (Phi) is 7.49. The molecule has 0 bridgehead atoms. The number of nitrogens with one attached hydrogen (secondary N) is 2. The van der Waals surface area contributed by atoms with Gasteiger partial charge < -0.3 is 20.3 Å². The Hall–Kier alpha value is -4.20. The maximum Gasteiger partial charge on any atom is 0.321 e. The van der Waals surface area contributed by atoms with Gasteiger partial charge in [0.05, 0.1) is 6.20 Å². The predicted molar refractivity (Wildman–Crippen MR) is 128 cm³/mol. The van der Waals surface area contributed by atoms with E-state index in [4.69, 9.17) is 4.74 Å². The van der Waals surface area contributed by atoms with Crippen molar-refractivity contribution in [3.63, 3.8) is 0 Å². The fraction of sp³-hybridized carbons (Fsp3) is 0.192. The second kappa shape index (κ2) is 11.1.